The van der Waals surface area contributed by atoms with Crippen molar-refractivity contribution in [2.24, 2.45) is 0 Å². The number of hydrogen-bond acceptors (Lipinski definition) is 3. The third-order valence-corrected chi connectivity index (χ3v) is 4.94. The first-order valence-corrected chi connectivity index (χ1v) is 7.43. The molecule has 1 aliphatic carbocycles. The van der Waals surface area contributed by atoms with Crippen molar-refractivity contribution in [3.63, 3.8) is 0 Å². The van der Waals surface area contributed by atoms with Crippen LogP contribution in [0.15, 0.2) is 36.4 Å². The molecule has 1 saturated carbocycles. The number of anilines is 1. The third kappa shape index (κ3) is 2.40. The van der Waals surface area contributed by atoms with Gasteiger partial charge in [0.25, 0.3) is 0 Å². The molecule has 0 radical (unpaired) electrons. The fourth-order valence-corrected chi connectivity index (χ4v) is 3.52. The maximum atomic E-state index is 12.5. The number of nitrogen functional groups attached to an aromatic ring is 1. The highest BCUT2D eigenvalue weighted by molar-refractivity contribution is 7.16. The predicted molar refractivity (Wildman–Crippen MR) is 79.8 cm³/mol. The van der Waals surface area contributed by atoms with Crippen LogP contribution < -0.4 is 5.73 Å². The number of rotatable bonds is 4. The van der Waals surface area contributed by atoms with Crippen LogP contribution in [0.4, 0.5) is 5.69 Å². The van der Waals surface area contributed by atoms with Crippen molar-refractivity contribution >= 4 is 34.4 Å². The molecular weight excluding hydrogens is 278 g/mol. The fraction of sp³-hybridized carbons (Fsp3) is 0.267. The van der Waals surface area contributed by atoms with Crippen LogP contribution in [0.2, 0.25) is 4.34 Å². The Balaban J connectivity index is 1.81. The minimum absolute atomic E-state index is 0.274. The van der Waals surface area contributed by atoms with Crippen LogP contribution in [0.5, 0.6) is 0 Å². The van der Waals surface area contributed by atoms with E-state index in [1.165, 1.54) is 11.3 Å². The molecule has 2 nitrogen and oxygen atoms in total. The highest BCUT2D eigenvalue weighted by Crippen LogP contribution is 2.49. The lowest BCUT2D eigenvalue weighted by molar-refractivity contribution is -0.120. The van der Waals surface area contributed by atoms with Gasteiger partial charge in [-0.1, -0.05) is 23.7 Å². The van der Waals surface area contributed by atoms with Gasteiger partial charge >= 0.3 is 0 Å². The van der Waals surface area contributed by atoms with Crippen molar-refractivity contribution in [3.8, 4) is 0 Å². The van der Waals surface area contributed by atoms with Crippen LogP contribution in [0, 0.1) is 0 Å². The van der Waals surface area contributed by atoms with Crippen LogP contribution >= 0.6 is 22.9 Å². The van der Waals surface area contributed by atoms with Crippen molar-refractivity contribution in [2.45, 2.75) is 24.7 Å². The minimum atomic E-state index is -0.274. The van der Waals surface area contributed by atoms with Crippen LogP contribution in [-0.2, 0) is 16.6 Å². The molecule has 2 N–H and O–H groups in total. The van der Waals surface area contributed by atoms with E-state index in [-0.39, 0.29) is 11.2 Å². The molecule has 1 aromatic heterocycles. The zero-order chi connectivity index (χ0) is 13.5. The summed E-state index contributed by atoms with van der Waals surface area (Å²) in [6.07, 6.45) is 2.35. The molecule has 0 spiro atoms. The van der Waals surface area contributed by atoms with Gasteiger partial charge in [-0.3, -0.25) is 4.79 Å². The topological polar surface area (TPSA) is 43.1 Å². The van der Waals surface area contributed by atoms with E-state index in [1.807, 2.05) is 36.4 Å². The second kappa shape index (κ2) is 4.66. The summed E-state index contributed by atoms with van der Waals surface area (Å²) in [7, 11) is 0. The second-order valence-corrected chi connectivity index (χ2v) is 6.81. The van der Waals surface area contributed by atoms with E-state index in [0.717, 1.165) is 33.3 Å². The van der Waals surface area contributed by atoms with Gasteiger partial charge in [-0.05, 0) is 42.7 Å². The van der Waals surface area contributed by atoms with Gasteiger partial charge in [-0.15, -0.1) is 11.3 Å². The van der Waals surface area contributed by atoms with Crippen molar-refractivity contribution in [1.82, 2.24) is 0 Å². The van der Waals surface area contributed by atoms with E-state index in [2.05, 4.69) is 0 Å². The number of benzene rings is 1. The average Bonchev–Trinajstić information content (AvgIpc) is 3.10. The highest BCUT2D eigenvalue weighted by Gasteiger charge is 2.50. The third-order valence-electron chi connectivity index (χ3n) is 3.71. The quantitative estimate of drug-likeness (QED) is 0.870. The van der Waals surface area contributed by atoms with Crippen molar-refractivity contribution in [1.29, 1.82) is 0 Å². The highest BCUT2D eigenvalue weighted by atomic mass is 35.5. The largest absolute Gasteiger partial charge is 0.399 e. The number of ketones is 1. The van der Waals surface area contributed by atoms with Crippen LogP contribution in [0.25, 0.3) is 0 Å². The monoisotopic (exact) mass is 291 g/mol. The number of thiophene rings is 1. The molecule has 4 heteroatoms. The number of halogens is 1. The number of carbonyl (C=O) groups excluding carboxylic acids is 1. The summed E-state index contributed by atoms with van der Waals surface area (Å²) in [5.74, 6) is 0.288. The van der Waals surface area contributed by atoms with Gasteiger partial charge in [0.15, 0.2) is 0 Å². The lowest BCUT2D eigenvalue weighted by Crippen LogP contribution is -2.22. The summed E-state index contributed by atoms with van der Waals surface area (Å²) < 4.78 is 0.736. The molecule has 0 saturated heterocycles. The SMILES string of the molecule is Nc1ccc(C2(C(=O)Cc3ccc(Cl)s3)CC2)cc1. The fourth-order valence-electron chi connectivity index (χ4n) is 2.43. The Labute approximate surface area is 121 Å². The van der Waals surface area contributed by atoms with E-state index in [4.69, 9.17) is 17.3 Å². The molecule has 2 aromatic rings. The van der Waals surface area contributed by atoms with E-state index < -0.39 is 0 Å². The van der Waals surface area contributed by atoms with Crippen molar-refractivity contribution < 1.29 is 4.79 Å². The molecule has 0 aliphatic heterocycles. The van der Waals surface area contributed by atoms with Crippen LogP contribution in [0.3, 0.4) is 0 Å². The Morgan fingerprint density at radius 2 is 1.89 bits per heavy atom. The Hall–Kier alpha value is -1.32. The molecule has 3 rings (SSSR count). The summed E-state index contributed by atoms with van der Waals surface area (Å²) in [6, 6.07) is 11.5. The van der Waals surface area contributed by atoms with Gasteiger partial charge in [-0.2, -0.15) is 0 Å². The molecule has 1 aromatic carbocycles. The molecule has 98 valence electrons. The minimum Gasteiger partial charge on any atom is -0.399 e. The summed E-state index contributed by atoms with van der Waals surface area (Å²) in [5, 5.41) is 0. The lowest BCUT2D eigenvalue weighted by Gasteiger charge is -2.14. The van der Waals surface area contributed by atoms with Crippen LogP contribution in [0.1, 0.15) is 23.3 Å². The maximum Gasteiger partial charge on any atom is 0.148 e. The molecule has 0 atom stereocenters. The summed E-state index contributed by atoms with van der Waals surface area (Å²) in [6.45, 7) is 0. The standard InChI is InChI=1S/C15H14ClNOS/c16-14-6-5-12(19-14)9-13(18)15(7-8-15)10-1-3-11(17)4-2-10/h1-6H,7-9,17H2. The van der Waals surface area contributed by atoms with Crippen LogP contribution in [-0.4, -0.2) is 5.78 Å². The van der Waals surface area contributed by atoms with E-state index in [0.29, 0.717) is 6.42 Å². The Kier molecular flexibility index (Phi) is 3.11. The first kappa shape index (κ1) is 12.7. The first-order valence-electron chi connectivity index (χ1n) is 6.24. The van der Waals surface area contributed by atoms with E-state index >= 15 is 0 Å². The van der Waals surface area contributed by atoms with Gasteiger partial charge < -0.3 is 5.73 Å². The van der Waals surface area contributed by atoms with Gasteiger partial charge in [0.1, 0.15) is 5.78 Å². The number of carbonyl (C=O) groups is 1. The number of hydrogen-bond donors (Lipinski definition) is 1. The predicted octanol–water partition coefficient (Wildman–Crippen LogP) is 3.83. The summed E-state index contributed by atoms with van der Waals surface area (Å²) in [5.41, 5.74) is 7.25. The lowest BCUT2D eigenvalue weighted by atomic mass is 9.89. The maximum absolute atomic E-state index is 12.5. The molecule has 0 amide bonds. The molecule has 1 fully saturated rings. The normalized spacial score (nSPS) is 16.3. The molecule has 0 unspecified atom stereocenters. The summed E-state index contributed by atoms with van der Waals surface area (Å²) in [4.78, 5) is 13.6. The van der Waals surface area contributed by atoms with E-state index in [1.54, 1.807) is 0 Å². The zero-order valence-electron chi connectivity index (χ0n) is 10.4. The number of Topliss-reactive ketones (excluding diaryl/α,β-unsaturated/α-hetero) is 1. The van der Waals surface area contributed by atoms with Gasteiger partial charge in [0.2, 0.25) is 0 Å². The van der Waals surface area contributed by atoms with E-state index in [9.17, 15) is 4.79 Å². The smallest absolute Gasteiger partial charge is 0.148 e. The average molecular weight is 292 g/mol. The zero-order valence-corrected chi connectivity index (χ0v) is 11.9. The molecule has 1 heterocycles. The Morgan fingerprint density at radius 1 is 1.21 bits per heavy atom. The summed E-state index contributed by atoms with van der Waals surface area (Å²) >= 11 is 7.38. The van der Waals surface area contributed by atoms with Gasteiger partial charge in [0.05, 0.1) is 9.75 Å². The molecular formula is C15H14ClNOS. The second-order valence-electron chi connectivity index (χ2n) is 5.01. The van der Waals surface area contributed by atoms with Gasteiger partial charge in [0, 0.05) is 17.0 Å². The van der Waals surface area contributed by atoms with Gasteiger partial charge in [-0.25, -0.2) is 0 Å². The van der Waals surface area contributed by atoms with Crippen molar-refractivity contribution in [3.05, 3.63) is 51.2 Å². The number of nitrogens with two attached hydrogens (primary N) is 1. The first-order chi connectivity index (χ1) is 9.10. The molecule has 19 heavy (non-hydrogen) atoms. The van der Waals surface area contributed by atoms with Crippen molar-refractivity contribution in [2.75, 3.05) is 5.73 Å². The molecule has 0 bridgehead atoms. The Morgan fingerprint density at radius 3 is 2.42 bits per heavy atom. The Bertz CT molecular complexity index is 613. The molecule has 1 aliphatic rings.